The van der Waals surface area contributed by atoms with Crippen molar-refractivity contribution >= 4 is 5.97 Å². The van der Waals surface area contributed by atoms with Gasteiger partial charge in [0.1, 0.15) is 5.60 Å². The van der Waals surface area contributed by atoms with Crippen LogP contribution in [0.1, 0.15) is 34.1 Å². The number of hydrogen-bond acceptors (Lipinski definition) is 3. The van der Waals surface area contributed by atoms with Crippen molar-refractivity contribution in [3.05, 3.63) is 11.8 Å². The summed E-state index contributed by atoms with van der Waals surface area (Å²) in [5, 5.41) is 9.07. The monoisotopic (exact) mass is 172 g/mol. The summed E-state index contributed by atoms with van der Waals surface area (Å²) in [7, 11) is 0. The molecule has 0 aliphatic rings. The van der Waals surface area contributed by atoms with Crippen molar-refractivity contribution in [2.24, 2.45) is 0 Å². The molecule has 0 unspecified atom stereocenters. The summed E-state index contributed by atoms with van der Waals surface area (Å²) in [6.45, 7) is 7.10. The van der Waals surface area contributed by atoms with E-state index in [1.807, 2.05) is 6.92 Å². The maximum absolute atomic E-state index is 11.0. The van der Waals surface area contributed by atoms with Gasteiger partial charge in [0.25, 0.3) is 0 Å². The Labute approximate surface area is 73.0 Å². The number of carbonyl (C=O) groups is 1. The molecule has 0 aliphatic carbocycles. The number of carbonyl (C=O) groups excluding carboxylic acids is 1. The van der Waals surface area contributed by atoms with Crippen LogP contribution in [0.4, 0.5) is 0 Å². The Morgan fingerprint density at radius 3 is 2.33 bits per heavy atom. The smallest absolute Gasteiger partial charge is 0.373 e. The molecule has 0 saturated carbocycles. The van der Waals surface area contributed by atoms with E-state index in [1.54, 1.807) is 20.8 Å². The fourth-order valence-electron chi connectivity index (χ4n) is 0.607. The fourth-order valence-corrected chi connectivity index (χ4v) is 0.607. The van der Waals surface area contributed by atoms with Gasteiger partial charge in [-0.2, -0.15) is 0 Å². The molecule has 70 valence electrons. The van der Waals surface area contributed by atoms with E-state index in [0.29, 0.717) is 6.42 Å². The van der Waals surface area contributed by atoms with Gasteiger partial charge in [0.15, 0.2) is 5.76 Å². The standard InChI is InChI=1S/C9H16O3/c1-5-6-7(10)8(11)12-9(2,3)4/h6,10H,5H2,1-4H3. The summed E-state index contributed by atoms with van der Waals surface area (Å²) in [5.74, 6) is -0.975. The van der Waals surface area contributed by atoms with Crippen LogP contribution in [0.15, 0.2) is 11.8 Å². The first-order valence-corrected chi connectivity index (χ1v) is 3.99. The minimum atomic E-state index is -0.663. The van der Waals surface area contributed by atoms with Crippen molar-refractivity contribution in [3.8, 4) is 0 Å². The number of allylic oxidation sites excluding steroid dienone is 1. The number of ether oxygens (including phenoxy) is 1. The second-order valence-electron chi connectivity index (χ2n) is 3.50. The van der Waals surface area contributed by atoms with Crippen LogP contribution < -0.4 is 0 Å². The predicted octanol–water partition coefficient (Wildman–Crippen LogP) is 2.18. The van der Waals surface area contributed by atoms with Crippen molar-refractivity contribution in [2.75, 3.05) is 0 Å². The van der Waals surface area contributed by atoms with Gasteiger partial charge in [-0.3, -0.25) is 0 Å². The lowest BCUT2D eigenvalue weighted by atomic mass is 10.2. The van der Waals surface area contributed by atoms with E-state index >= 15 is 0 Å². The summed E-state index contributed by atoms with van der Waals surface area (Å²) in [6.07, 6.45) is 2.04. The number of rotatable bonds is 2. The Balaban J connectivity index is 4.15. The van der Waals surface area contributed by atoms with E-state index in [4.69, 9.17) is 9.84 Å². The van der Waals surface area contributed by atoms with Gasteiger partial charge in [-0.15, -0.1) is 0 Å². The largest absolute Gasteiger partial charge is 0.502 e. The third-order valence-corrected chi connectivity index (χ3v) is 1.01. The third kappa shape index (κ3) is 4.77. The Morgan fingerprint density at radius 2 is 2.00 bits per heavy atom. The van der Waals surface area contributed by atoms with Crippen LogP contribution in [0.25, 0.3) is 0 Å². The molecule has 3 heteroatoms. The zero-order valence-electron chi connectivity index (χ0n) is 8.05. The van der Waals surface area contributed by atoms with Gasteiger partial charge in [0, 0.05) is 0 Å². The van der Waals surface area contributed by atoms with Gasteiger partial charge in [-0.25, -0.2) is 4.79 Å². The zero-order valence-corrected chi connectivity index (χ0v) is 8.05. The molecule has 0 heterocycles. The highest BCUT2D eigenvalue weighted by atomic mass is 16.6. The Kier molecular flexibility index (Phi) is 3.80. The van der Waals surface area contributed by atoms with E-state index in [0.717, 1.165) is 0 Å². The van der Waals surface area contributed by atoms with Gasteiger partial charge in [0.05, 0.1) is 0 Å². The first-order valence-electron chi connectivity index (χ1n) is 3.99. The van der Waals surface area contributed by atoms with Crippen LogP contribution in [0, 0.1) is 0 Å². The van der Waals surface area contributed by atoms with Gasteiger partial charge in [-0.1, -0.05) is 6.92 Å². The molecular formula is C9H16O3. The minimum absolute atomic E-state index is 0.313. The van der Waals surface area contributed by atoms with Crippen molar-refractivity contribution in [2.45, 2.75) is 39.7 Å². The maximum atomic E-state index is 11.0. The van der Waals surface area contributed by atoms with Crippen molar-refractivity contribution in [1.82, 2.24) is 0 Å². The Morgan fingerprint density at radius 1 is 1.50 bits per heavy atom. The van der Waals surface area contributed by atoms with Crippen molar-refractivity contribution in [3.63, 3.8) is 0 Å². The zero-order chi connectivity index (χ0) is 9.78. The van der Waals surface area contributed by atoms with E-state index in [2.05, 4.69) is 0 Å². The molecule has 0 spiro atoms. The summed E-state index contributed by atoms with van der Waals surface area (Å²) < 4.78 is 4.89. The van der Waals surface area contributed by atoms with E-state index in [9.17, 15) is 4.79 Å². The maximum Gasteiger partial charge on any atom is 0.373 e. The van der Waals surface area contributed by atoms with Gasteiger partial charge in [-0.05, 0) is 33.3 Å². The molecule has 0 radical (unpaired) electrons. The quantitative estimate of drug-likeness (QED) is 0.394. The predicted molar refractivity (Wildman–Crippen MR) is 46.8 cm³/mol. The van der Waals surface area contributed by atoms with Crippen LogP contribution in [-0.2, 0) is 9.53 Å². The first kappa shape index (κ1) is 11.0. The highest BCUT2D eigenvalue weighted by Gasteiger charge is 2.18. The van der Waals surface area contributed by atoms with Crippen LogP contribution in [-0.4, -0.2) is 16.7 Å². The second kappa shape index (κ2) is 4.14. The Bertz CT molecular complexity index is 186. The number of hydrogen-bond donors (Lipinski definition) is 1. The third-order valence-electron chi connectivity index (χ3n) is 1.01. The highest BCUT2D eigenvalue weighted by Crippen LogP contribution is 2.09. The summed E-state index contributed by atoms with van der Waals surface area (Å²) in [4.78, 5) is 11.0. The minimum Gasteiger partial charge on any atom is -0.502 e. The molecule has 0 aromatic heterocycles. The van der Waals surface area contributed by atoms with Crippen LogP contribution in [0.3, 0.4) is 0 Å². The lowest BCUT2D eigenvalue weighted by Crippen LogP contribution is -2.24. The molecule has 0 aromatic rings. The van der Waals surface area contributed by atoms with Crippen LogP contribution in [0.5, 0.6) is 0 Å². The molecule has 12 heavy (non-hydrogen) atoms. The van der Waals surface area contributed by atoms with Crippen molar-refractivity contribution in [1.29, 1.82) is 0 Å². The molecule has 0 amide bonds. The normalized spacial score (nSPS) is 12.8. The molecule has 0 aromatic carbocycles. The molecule has 3 nitrogen and oxygen atoms in total. The average molecular weight is 172 g/mol. The lowest BCUT2D eigenvalue weighted by Gasteiger charge is -2.18. The molecule has 0 bridgehead atoms. The second-order valence-corrected chi connectivity index (χ2v) is 3.50. The van der Waals surface area contributed by atoms with Crippen molar-refractivity contribution < 1.29 is 14.6 Å². The molecule has 0 fully saturated rings. The summed E-state index contributed by atoms with van der Waals surface area (Å²) in [6, 6.07) is 0. The number of esters is 1. The fraction of sp³-hybridized carbons (Fsp3) is 0.667. The summed E-state index contributed by atoms with van der Waals surface area (Å²) in [5.41, 5.74) is -0.549. The van der Waals surface area contributed by atoms with Gasteiger partial charge >= 0.3 is 5.97 Å². The molecule has 0 saturated heterocycles. The Hall–Kier alpha value is -0.990. The van der Waals surface area contributed by atoms with Gasteiger partial charge < -0.3 is 9.84 Å². The molecule has 0 rings (SSSR count). The highest BCUT2D eigenvalue weighted by molar-refractivity contribution is 5.85. The molecular weight excluding hydrogens is 156 g/mol. The molecule has 0 aliphatic heterocycles. The first-order chi connectivity index (χ1) is 5.37. The number of aliphatic hydroxyl groups is 1. The van der Waals surface area contributed by atoms with Crippen LogP contribution in [0.2, 0.25) is 0 Å². The lowest BCUT2D eigenvalue weighted by molar-refractivity contribution is -0.153. The molecule has 1 N–H and O–H groups in total. The SMILES string of the molecule is CCC=C(O)C(=O)OC(C)(C)C. The topological polar surface area (TPSA) is 46.5 Å². The van der Waals surface area contributed by atoms with Gasteiger partial charge in [0.2, 0.25) is 0 Å². The van der Waals surface area contributed by atoms with E-state index < -0.39 is 11.6 Å². The summed E-state index contributed by atoms with van der Waals surface area (Å²) >= 11 is 0. The number of aliphatic hydroxyl groups excluding tert-OH is 1. The van der Waals surface area contributed by atoms with E-state index in [-0.39, 0.29) is 5.76 Å². The average Bonchev–Trinajstić information content (AvgIpc) is 1.84. The molecule has 0 atom stereocenters. The van der Waals surface area contributed by atoms with Crippen LogP contribution >= 0.6 is 0 Å². The van der Waals surface area contributed by atoms with E-state index in [1.165, 1.54) is 6.08 Å².